The van der Waals surface area contributed by atoms with Crippen molar-refractivity contribution in [2.75, 3.05) is 37.0 Å². The van der Waals surface area contributed by atoms with Gasteiger partial charge < -0.3 is 14.9 Å². The van der Waals surface area contributed by atoms with Crippen LogP contribution in [-0.4, -0.2) is 48.2 Å². The van der Waals surface area contributed by atoms with Gasteiger partial charge in [0.2, 0.25) is 5.95 Å². The Morgan fingerprint density at radius 2 is 1.95 bits per heavy atom. The van der Waals surface area contributed by atoms with Gasteiger partial charge in [0.15, 0.2) is 0 Å². The topological polar surface area (TPSA) is 69.6 Å². The van der Waals surface area contributed by atoms with E-state index in [2.05, 4.69) is 9.97 Å². The first-order chi connectivity index (χ1) is 10.0. The molecule has 0 spiro atoms. The third-order valence-corrected chi connectivity index (χ3v) is 3.10. The van der Waals surface area contributed by atoms with Gasteiger partial charge in [0, 0.05) is 26.0 Å². The third-order valence-electron chi connectivity index (χ3n) is 3.10. The number of rotatable bonds is 6. The Bertz CT molecular complexity index is 643. The molecule has 0 fully saturated rings. The minimum atomic E-state index is -0.883. The molecule has 21 heavy (non-hydrogen) atoms. The zero-order chi connectivity index (χ0) is 15.4. The molecule has 0 aliphatic carbocycles. The second-order valence-corrected chi connectivity index (χ2v) is 5.07. The summed E-state index contributed by atoms with van der Waals surface area (Å²) in [5, 5.41) is 10.0. The monoisotopic (exact) mass is 288 g/mol. The molecule has 0 bridgehead atoms. The van der Waals surface area contributed by atoms with Crippen molar-refractivity contribution in [3.8, 4) is 0 Å². The fourth-order valence-electron chi connectivity index (χ4n) is 2.21. The van der Waals surface area contributed by atoms with Crippen LogP contribution in [0.4, 0.5) is 11.8 Å². The molecule has 1 aromatic carbocycles. The first-order valence-electron chi connectivity index (χ1n) is 6.93. The third kappa shape index (κ3) is 3.39. The van der Waals surface area contributed by atoms with Gasteiger partial charge in [0.1, 0.15) is 12.4 Å². The summed E-state index contributed by atoms with van der Waals surface area (Å²) in [6, 6.07) is 7.74. The molecule has 0 amide bonds. The summed E-state index contributed by atoms with van der Waals surface area (Å²) >= 11 is 0. The van der Waals surface area contributed by atoms with Crippen molar-refractivity contribution in [1.82, 2.24) is 9.97 Å². The maximum Gasteiger partial charge on any atom is 0.323 e. The molecule has 0 atom stereocenters. The summed E-state index contributed by atoms with van der Waals surface area (Å²) < 4.78 is 0. The molecule has 1 N–H and O–H groups in total. The van der Waals surface area contributed by atoms with Crippen LogP contribution in [0.1, 0.15) is 13.3 Å². The van der Waals surface area contributed by atoms with Gasteiger partial charge in [-0.1, -0.05) is 19.1 Å². The van der Waals surface area contributed by atoms with Crippen LogP contribution >= 0.6 is 0 Å². The van der Waals surface area contributed by atoms with E-state index in [1.807, 2.05) is 50.2 Å². The number of carboxylic acid groups (broad SMARTS) is 1. The predicted octanol–water partition coefficient (Wildman–Crippen LogP) is 2.00. The Labute approximate surface area is 124 Å². The lowest BCUT2D eigenvalue weighted by Gasteiger charge is -2.22. The lowest BCUT2D eigenvalue weighted by Crippen LogP contribution is -2.32. The molecule has 0 aliphatic heterocycles. The summed E-state index contributed by atoms with van der Waals surface area (Å²) in [6.45, 7) is 2.51. The van der Waals surface area contributed by atoms with E-state index in [0.717, 1.165) is 23.1 Å². The molecule has 6 heteroatoms. The largest absolute Gasteiger partial charge is 0.480 e. The number of para-hydroxylation sites is 1. The second-order valence-electron chi connectivity index (χ2n) is 5.07. The summed E-state index contributed by atoms with van der Waals surface area (Å²) in [5.41, 5.74) is 0.817. The molecule has 1 heterocycles. The van der Waals surface area contributed by atoms with Crippen molar-refractivity contribution in [3.63, 3.8) is 0 Å². The highest BCUT2D eigenvalue weighted by Gasteiger charge is 2.16. The van der Waals surface area contributed by atoms with Crippen LogP contribution in [0.25, 0.3) is 10.9 Å². The normalized spacial score (nSPS) is 10.6. The van der Waals surface area contributed by atoms with Gasteiger partial charge in [-0.25, -0.2) is 4.98 Å². The number of carboxylic acids is 1. The Balaban J connectivity index is 2.54. The van der Waals surface area contributed by atoms with Crippen molar-refractivity contribution in [2.24, 2.45) is 0 Å². The van der Waals surface area contributed by atoms with Crippen molar-refractivity contribution < 1.29 is 9.90 Å². The van der Waals surface area contributed by atoms with Crippen LogP contribution in [0.5, 0.6) is 0 Å². The number of carbonyl (C=O) groups is 1. The van der Waals surface area contributed by atoms with E-state index in [0.29, 0.717) is 12.5 Å². The number of nitrogens with zero attached hydrogens (tertiary/aromatic N) is 4. The fraction of sp³-hybridized carbons (Fsp3) is 0.400. The minimum Gasteiger partial charge on any atom is -0.480 e. The highest BCUT2D eigenvalue weighted by atomic mass is 16.4. The van der Waals surface area contributed by atoms with Crippen LogP contribution in [0, 0.1) is 0 Å². The molecule has 0 radical (unpaired) electrons. The number of hydrogen-bond acceptors (Lipinski definition) is 5. The molecule has 2 rings (SSSR count). The number of fused-ring (bicyclic) bond motifs is 1. The van der Waals surface area contributed by atoms with E-state index in [1.54, 1.807) is 4.90 Å². The van der Waals surface area contributed by atoms with E-state index in [9.17, 15) is 4.79 Å². The Kier molecular flexibility index (Phi) is 4.57. The van der Waals surface area contributed by atoms with E-state index in [4.69, 9.17) is 5.11 Å². The zero-order valence-corrected chi connectivity index (χ0v) is 12.6. The number of aliphatic carboxylic acids is 1. The van der Waals surface area contributed by atoms with Crippen LogP contribution in [0.2, 0.25) is 0 Å². The quantitative estimate of drug-likeness (QED) is 0.876. The van der Waals surface area contributed by atoms with Crippen LogP contribution in [0.3, 0.4) is 0 Å². The van der Waals surface area contributed by atoms with Gasteiger partial charge in [-0.05, 0) is 18.6 Å². The van der Waals surface area contributed by atoms with E-state index in [1.165, 1.54) is 0 Å². The lowest BCUT2D eigenvalue weighted by atomic mass is 10.2. The van der Waals surface area contributed by atoms with Crippen molar-refractivity contribution >= 4 is 28.6 Å². The fourth-order valence-corrected chi connectivity index (χ4v) is 2.21. The number of hydrogen-bond donors (Lipinski definition) is 1. The van der Waals surface area contributed by atoms with Gasteiger partial charge in [0.25, 0.3) is 0 Å². The highest BCUT2D eigenvalue weighted by Crippen LogP contribution is 2.25. The van der Waals surface area contributed by atoms with Gasteiger partial charge >= 0.3 is 5.97 Å². The lowest BCUT2D eigenvalue weighted by molar-refractivity contribution is -0.135. The van der Waals surface area contributed by atoms with E-state index < -0.39 is 5.97 Å². The minimum absolute atomic E-state index is 0.0982. The number of anilines is 2. The maximum absolute atomic E-state index is 11.0. The smallest absolute Gasteiger partial charge is 0.323 e. The standard InChI is InChI=1S/C15H20N4O2/c1-4-9-19(10-13(20)21)15-16-12-8-6-5-7-11(12)14(17-15)18(2)3/h5-8H,4,9-10H2,1-3H3,(H,20,21). The molecule has 1 aromatic heterocycles. The Morgan fingerprint density at radius 1 is 1.24 bits per heavy atom. The Hall–Kier alpha value is -2.37. The first kappa shape index (κ1) is 15.0. The zero-order valence-electron chi connectivity index (χ0n) is 12.6. The molecule has 0 unspecified atom stereocenters. The highest BCUT2D eigenvalue weighted by molar-refractivity contribution is 5.90. The van der Waals surface area contributed by atoms with Gasteiger partial charge in [-0.15, -0.1) is 0 Å². The molecular formula is C15H20N4O2. The summed E-state index contributed by atoms with van der Waals surface area (Å²) in [4.78, 5) is 23.7. The molecule has 0 saturated heterocycles. The first-order valence-corrected chi connectivity index (χ1v) is 6.93. The average Bonchev–Trinajstić information content (AvgIpc) is 2.45. The molecule has 6 nitrogen and oxygen atoms in total. The van der Waals surface area contributed by atoms with Crippen molar-refractivity contribution in [1.29, 1.82) is 0 Å². The van der Waals surface area contributed by atoms with Crippen LogP contribution in [-0.2, 0) is 4.79 Å². The molecule has 0 aliphatic rings. The SMILES string of the molecule is CCCN(CC(=O)O)c1nc(N(C)C)c2ccccc2n1. The van der Waals surface area contributed by atoms with Crippen molar-refractivity contribution in [3.05, 3.63) is 24.3 Å². The van der Waals surface area contributed by atoms with Crippen molar-refractivity contribution in [2.45, 2.75) is 13.3 Å². The molecule has 2 aromatic rings. The molecule has 112 valence electrons. The Morgan fingerprint density at radius 3 is 2.57 bits per heavy atom. The van der Waals surface area contributed by atoms with E-state index in [-0.39, 0.29) is 6.54 Å². The summed E-state index contributed by atoms with van der Waals surface area (Å²) in [7, 11) is 3.83. The molecular weight excluding hydrogens is 268 g/mol. The van der Waals surface area contributed by atoms with Gasteiger partial charge in [0.05, 0.1) is 5.52 Å². The number of benzene rings is 1. The average molecular weight is 288 g/mol. The predicted molar refractivity (Wildman–Crippen MR) is 84.0 cm³/mol. The maximum atomic E-state index is 11.0. The van der Waals surface area contributed by atoms with Crippen LogP contribution < -0.4 is 9.80 Å². The van der Waals surface area contributed by atoms with Gasteiger partial charge in [-0.3, -0.25) is 4.79 Å². The number of aromatic nitrogens is 2. The van der Waals surface area contributed by atoms with Gasteiger partial charge in [-0.2, -0.15) is 4.98 Å². The molecule has 0 saturated carbocycles. The summed E-state index contributed by atoms with van der Waals surface area (Å²) in [5.74, 6) is 0.371. The van der Waals surface area contributed by atoms with Crippen LogP contribution in [0.15, 0.2) is 24.3 Å². The summed E-state index contributed by atoms with van der Waals surface area (Å²) in [6.07, 6.45) is 0.834. The second kappa shape index (κ2) is 6.39. The van der Waals surface area contributed by atoms with E-state index >= 15 is 0 Å².